The van der Waals surface area contributed by atoms with Gasteiger partial charge >= 0.3 is 12.1 Å². The van der Waals surface area contributed by atoms with Gasteiger partial charge in [0, 0.05) is 0 Å². The lowest BCUT2D eigenvalue weighted by atomic mass is 10.1. The van der Waals surface area contributed by atoms with Gasteiger partial charge < -0.3 is 14.8 Å². The van der Waals surface area contributed by atoms with Crippen LogP contribution in [-0.2, 0) is 9.47 Å². The first-order valence-electron chi connectivity index (χ1n) is 9.26. The molecule has 0 spiro atoms. The molecule has 2 aromatic rings. The Morgan fingerprint density at radius 2 is 1.77 bits per heavy atom. The largest absolute Gasteiger partial charge is 0.462 e. The van der Waals surface area contributed by atoms with Crippen molar-refractivity contribution in [1.29, 1.82) is 0 Å². The molecule has 0 aliphatic carbocycles. The summed E-state index contributed by atoms with van der Waals surface area (Å²) in [6.45, 7) is 8.58. The number of rotatable bonds is 5. The fraction of sp³-hybridized carbons (Fsp3) is 0.333. The van der Waals surface area contributed by atoms with E-state index in [1.165, 1.54) is 18.2 Å². The SMILES string of the molecule is CCOC(=O)c1ccc(C(=O)Nc2cc(F)ccc2NC(=O)OC(C)(C)C)nc1C. The maximum atomic E-state index is 13.7. The molecule has 0 saturated carbocycles. The molecular weight excluding hydrogens is 393 g/mol. The predicted octanol–water partition coefficient (Wildman–Crippen LogP) is 4.31. The van der Waals surface area contributed by atoms with Crippen molar-refractivity contribution < 1.29 is 28.2 Å². The van der Waals surface area contributed by atoms with Crippen molar-refractivity contribution >= 4 is 29.3 Å². The Morgan fingerprint density at radius 3 is 2.37 bits per heavy atom. The third-order valence-corrected chi connectivity index (χ3v) is 3.68. The second-order valence-electron chi connectivity index (χ2n) is 7.32. The van der Waals surface area contributed by atoms with Gasteiger partial charge in [-0.15, -0.1) is 0 Å². The number of nitrogens with zero attached hydrogens (tertiary/aromatic N) is 1. The van der Waals surface area contributed by atoms with Crippen LogP contribution in [0, 0.1) is 12.7 Å². The van der Waals surface area contributed by atoms with Crippen molar-refractivity contribution in [1.82, 2.24) is 4.98 Å². The molecule has 0 fully saturated rings. The topological polar surface area (TPSA) is 107 Å². The number of aryl methyl sites for hydroxylation is 1. The summed E-state index contributed by atoms with van der Waals surface area (Å²) in [7, 11) is 0. The monoisotopic (exact) mass is 417 g/mol. The number of carbonyl (C=O) groups is 3. The first kappa shape index (κ1) is 22.8. The molecule has 1 aromatic carbocycles. The summed E-state index contributed by atoms with van der Waals surface area (Å²) in [6, 6.07) is 6.29. The van der Waals surface area contributed by atoms with Crippen LogP contribution in [0.5, 0.6) is 0 Å². The summed E-state index contributed by atoms with van der Waals surface area (Å²) in [4.78, 5) is 40.6. The first-order valence-corrected chi connectivity index (χ1v) is 9.26. The zero-order valence-electron chi connectivity index (χ0n) is 17.5. The van der Waals surface area contributed by atoms with E-state index in [-0.39, 0.29) is 29.2 Å². The van der Waals surface area contributed by atoms with Crippen LogP contribution in [0.2, 0.25) is 0 Å². The lowest BCUT2D eigenvalue weighted by Gasteiger charge is -2.20. The predicted molar refractivity (Wildman–Crippen MR) is 109 cm³/mol. The maximum Gasteiger partial charge on any atom is 0.412 e. The first-order chi connectivity index (χ1) is 14.0. The minimum Gasteiger partial charge on any atom is -0.462 e. The fourth-order valence-corrected chi connectivity index (χ4v) is 2.44. The highest BCUT2D eigenvalue weighted by atomic mass is 19.1. The van der Waals surface area contributed by atoms with Crippen molar-refractivity contribution in [2.45, 2.75) is 40.2 Å². The van der Waals surface area contributed by atoms with Gasteiger partial charge in [-0.1, -0.05) is 0 Å². The molecule has 0 unspecified atom stereocenters. The van der Waals surface area contributed by atoms with Gasteiger partial charge in [-0.2, -0.15) is 0 Å². The van der Waals surface area contributed by atoms with Crippen LogP contribution in [0.4, 0.5) is 20.6 Å². The highest BCUT2D eigenvalue weighted by molar-refractivity contribution is 6.06. The molecule has 160 valence electrons. The van der Waals surface area contributed by atoms with Crippen LogP contribution in [0.25, 0.3) is 0 Å². The van der Waals surface area contributed by atoms with Crippen molar-refractivity contribution in [3.63, 3.8) is 0 Å². The minimum absolute atomic E-state index is 0.00743. The minimum atomic E-state index is -0.752. The normalized spacial score (nSPS) is 10.9. The second-order valence-corrected chi connectivity index (χ2v) is 7.32. The highest BCUT2D eigenvalue weighted by Crippen LogP contribution is 2.24. The van der Waals surface area contributed by atoms with E-state index < -0.39 is 29.4 Å². The lowest BCUT2D eigenvalue weighted by molar-refractivity contribution is 0.0523. The summed E-state index contributed by atoms with van der Waals surface area (Å²) >= 11 is 0. The van der Waals surface area contributed by atoms with Crippen LogP contribution in [0.1, 0.15) is 54.2 Å². The van der Waals surface area contributed by atoms with E-state index in [9.17, 15) is 18.8 Å². The smallest absolute Gasteiger partial charge is 0.412 e. The van der Waals surface area contributed by atoms with Crippen LogP contribution >= 0.6 is 0 Å². The third kappa shape index (κ3) is 6.26. The van der Waals surface area contributed by atoms with Crippen molar-refractivity contribution in [3.05, 3.63) is 53.1 Å². The molecule has 1 heterocycles. The Labute approximate surface area is 173 Å². The number of esters is 1. The lowest BCUT2D eigenvalue weighted by Crippen LogP contribution is -2.27. The van der Waals surface area contributed by atoms with Gasteiger partial charge in [-0.25, -0.2) is 19.0 Å². The number of benzene rings is 1. The van der Waals surface area contributed by atoms with Gasteiger partial charge in [0.25, 0.3) is 5.91 Å². The van der Waals surface area contributed by atoms with E-state index in [2.05, 4.69) is 15.6 Å². The van der Waals surface area contributed by atoms with Crippen LogP contribution in [-0.4, -0.2) is 35.2 Å². The van der Waals surface area contributed by atoms with E-state index in [0.717, 1.165) is 12.1 Å². The van der Waals surface area contributed by atoms with E-state index >= 15 is 0 Å². The molecule has 0 saturated heterocycles. The maximum absolute atomic E-state index is 13.7. The van der Waals surface area contributed by atoms with Crippen LogP contribution in [0.3, 0.4) is 0 Å². The Morgan fingerprint density at radius 1 is 1.07 bits per heavy atom. The van der Waals surface area contributed by atoms with Crippen molar-refractivity contribution in [3.8, 4) is 0 Å². The number of aromatic nitrogens is 1. The summed E-state index contributed by atoms with van der Waals surface area (Å²) in [6.07, 6.45) is -0.752. The molecule has 0 aliphatic heterocycles. The van der Waals surface area contributed by atoms with Crippen LogP contribution in [0.15, 0.2) is 30.3 Å². The van der Waals surface area contributed by atoms with Gasteiger partial charge in [0.05, 0.1) is 29.2 Å². The van der Waals surface area contributed by atoms with Gasteiger partial charge in [-0.3, -0.25) is 10.1 Å². The standard InChI is InChI=1S/C21H24FN3O5/c1-6-29-19(27)14-8-10-16(23-12(14)2)18(26)24-17-11-13(22)7-9-15(17)25-20(28)30-21(3,4)5/h7-11H,6H2,1-5H3,(H,24,26)(H,25,28). The summed E-state index contributed by atoms with van der Waals surface area (Å²) in [5.41, 5.74) is 0.0147. The quantitative estimate of drug-likeness (QED) is 0.703. The van der Waals surface area contributed by atoms with E-state index in [1.54, 1.807) is 34.6 Å². The van der Waals surface area contributed by atoms with Crippen molar-refractivity contribution in [2.24, 2.45) is 0 Å². The molecule has 30 heavy (non-hydrogen) atoms. The molecule has 2 amide bonds. The zero-order valence-corrected chi connectivity index (χ0v) is 17.5. The number of hydrogen-bond donors (Lipinski definition) is 2. The Balaban J connectivity index is 2.22. The molecule has 0 radical (unpaired) electrons. The van der Waals surface area contributed by atoms with Gasteiger partial charge in [0.1, 0.15) is 17.1 Å². The average Bonchev–Trinajstić information content (AvgIpc) is 2.62. The molecule has 2 N–H and O–H groups in total. The highest BCUT2D eigenvalue weighted by Gasteiger charge is 2.19. The van der Waals surface area contributed by atoms with E-state index in [1.807, 2.05) is 0 Å². The Bertz CT molecular complexity index is 970. The van der Waals surface area contributed by atoms with Crippen LogP contribution < -0.4 is 10.6 Å². The molecule has 0 atom stereocenters. The fourth-order valence-electron chi connectivity index (χ4n) is 2.44. The third-order valence-electron chi connectivity index (χ3n) is 3.68. The van der Waals surface area contributed by atoms with Crippen molar-refractivity contribution in [2.75, 3.05) is 17.2 Å². The number of nitrogens with one attached hydrogen (secondary N) is 2. The summed E-state index contributed by atoms with van der Waals surface area (Å²) < 4.78 is 23.8. The second kappa shape index (κ2) is 9.34. The zero-order chi connectivity index (χ0) is 22.5. The molecule has 2 rings (SSSR count). The number of ether oxygens (including phenoxy) is 2. The van der Waals surface area contributed by atoms with E-state index in [4.69, 9.17) is 9.47 Å². The molecule has 8 nitrogen and oxygen atoms in total. The Kier molecular flexibility index (Phi) is 7.10. The Hall–Kier alpha value is -3.49. The number of halogens is 1. The molecule has 0 aliphatic rings. The van der Waals surface area contributed by atoms with E-state index in [0.29, 0.717) is 5.69 Å². The summed E-state index contributed by atoms with van der Waals surface area (Å²) in [5, 5.41) is 4.99. The molecule has 9 heteroatoms. The van der Waals surface area contributed by atoms with Gasteiger partial charge in [0.15, 0.2) is 0 Å². The van der Waals surface area contributed by atoms with Gasteiger partial charge in [-0.05, 0) is 65.0 Å². The molecular formula is C21H24FN3O5. The number of hydrogen-bond acceptors (Lipinski definition) is 6. The molecule has 1 aromatic heterocycles. The average molecular weight is 417 g/mol. The van der Waals surface area contributed by atoms with Gasteiger partial charge in [0.2, 0.25) is 0 Å². The number of carbonyl (C=O) groups excluding carboxylic acids is 3. The number of anilines is 2. The number of pyridine rings is 1. The molecule has 0 bridgehead atoms. The summed E-state index contributed by atoms with van der Waals surface area (Å²) in [5.74, 6) is -1.79. The number of amides is 2.